The zero-order valence-corrected chi connectivity index (χ0v) is 9.93. The molecule has 0 aliphatic rings. The molecule has 1 N–H and O–H groups in total. The molecule has 0 bridgehead atoms. The van der Waals surface area contributed by atoms with Crippen LogP contribution in [-0.4, -0.2) is 47.1 Å². The van der Waals surface area contributed by atoms with Crippen LogP contribution in [0, 0.1) is 0 Å². The molecule has 0 unspecified atom stereocenters. The zero-order valence-electron chi connectivity index (χ0n) is 9.93. The van der Waals surface area contributed by atoms with Crippen molar-refractivity contribution in [1.82, 2.24) is 20.4 Å². The highest BCUT2D eigenvalue weighted by atomic mass is 16.5. The Hall–Kier alpha value is -1.43. The van der Waals surface area contributed by atoms with Gasteiger partial charge in [0.05, 0.1) is 6.54 Å². The average Bonchev–Trinajstić information content (AvgIpc) is 2.75. The molecule has 1 heterocycles. The molecule has 0 atom stereocenters. The molecule has 0 saturated heterocycles. The van der Waals surface area contributed by atoms with Crippen molar-refractivity contribution in [3.8, 4) is 0 Å². The number of rotatable bonds is 6. The van der Waals surface area contributed by atoms with Crippen LogP contribution in [0.15, 0.2) is 10.9 Å². The van der Waals surface area contributed by atoms with Gasteiger partial charge < -0.3 is 14.7 Å². The predicted octanol–water partition coefficient (Wildman–Crippen LogP) is 0.0685. The van der Waals surface area contributed by atoms with Crippen molar-refractivity contribution in [2.75, 3.05) is 20.1 Å². The summed E-state index contributed by atoms with van der Waals surface area (Å²) < 4.78 is 4.83. The van der Waals surface area contributed by atoms with Crippen LogP contribution in [0.2, 0.25) is 0 Å². The first-order valence-corrected chi connectivity index (χ1v) is 5.33. The molecular weight excluding hydrogens is 208 g/mol. The summed E-state index contributed by atoms with van der Waals surface area (Å²) in [5, 5.41) is 6.54. The van der Waals surface area contributed by atoms with Crippen LogP contribution in [0.4, 0.5) is 0 Å². The fourth-order valence-corrected chi connectivity index (χ4v) is 1.11. The standard InChI is InChI=1S/C10H18N4O2/c1-8(2)14(3)10(15)6-11-5-4-9-12-7-13-16-9/h7-8,11H,4-6H2,1-3H3. The van der Waals surface area contributed by atoms with Gasteiger partial charge in [-0.05, 0) is 13.8 Å². The molecule has 1 aromatic rings. The molecule has 1 amide bonds. The van der Waals surface area contributed by atoms with Gasteiger partial charge in [-0.3, -0.25) is 4.79 Å². The Balaban J connectivity index is 2.13. The lowest BCUT2D eigenvalue weighted by Gasteiger charge is -2.21. The molecule has 0 saturated carbocycles. The van der Waals surface area contributed by atoms with Gasteiger partial charge in [0.25, 0.3) is 0 Å². The van der Waals surface area contributed by atoms with Gasteiger partial charge in [0.1, 0.15) is 0 Å². The zero-order chi connectivity index (χ0) is 12.0. The Kier molecular flexibility index (Phi) is 4.91. The fraction of sp³-hybridized carbons (Fsp3) is 0.700. The van der Waals surface area contributed by atoms with Gasteiger partial charge in [-0.2, -0.15) is 4.98 Å². The van der Waals surface area contributed by atoms with Crippen LogP contribution in [0.25, 0.3) is 0 Å². The predicted molar refractivity (Wildman–Crippen MR) is 58.8 cm³/mol. The van der Waals surface area contributed by atoms with Gasteiger partial charge in [-0.1, -0.05) is 5.16 Å². The molecule has 0 aromatic carbocycles. The first-order chi connectivity index (χ1) is 7.61. The van der Waals surface area contributed by atoms with Crippen LogP contribution in [0.1, 0.15) is 19.7 Å². The van der Waals surface area contributed by atoms with Gasteiger partial charge >= 0.3 is 0 Å². The molecule has 90 valence electrons. The van der Waals surface area contributed by atoms with Gasteiger partial charge in [0.15, 0.2) is 6.33 Å². The Morgan fingerprint density at radius 3 is 2.94 bits per heavy atom. The Morgan fingerprint density at radius 1 is 1.62 bits per heavy atom. The molecule has 0 aliphatic heterocycles. The quantitative estimate of drug-likeness (QED) is 0.695. The second-order valence-electron chi connectivity index (χ2n) is 3.86. The number of carbonyl (C=O) groups is 1. The number of aromatic nitrogens is 2. The molecule has 6 nitrogen and oxygen atoms in total. The summed E-state index contributed by atoms with van der Waals surface area (Å²) >= 11 is 0. The Bertz CT molecular complexity index is 311. The Labute approximate surface area is 95.0 Å². The number of amides is 1. The molecule has 16 heavy (non-hydrogen) atoms. The van der Waals surface area contributed by atoms with Crippen molar-refractivity contribution in [2.24, 2.45) is 0 Å². The van der Waals surface area contributed by atoms with E-state index >= 15 is 0 Å². The lowest BCUT2D eigenvalue weighted by atomic mass is 10.3. The summed E-state index contributed by atoms with van der Waals surface area (Å²) in [6, 6.07) is 0.227. The van der Waals surface area contributed by atoms with Gasteiger partial charge in [0.2, 0.25) is 11.8 Å². The summed E-state index contributed by atoms with van der Waals surface area (Å²) in [6.45, 7) is 4.95. The molecule has 0 spiro atoms. The second-order valence-corrected chi connectivity index (χ2v) is 3.86. The first-order valence-electron chi connectivity index (χ1n) is 5.33. The normalized spacial score (nSPS) is 10.8. The summed E-state index contributed by atoms with van der Waals surface area (Å²) in [4.78, 5) is 17.1. The molecule has 1 rings (SSSR count). The maximum atomic E-state index is 11.6. The third-order valence-corrected chi connectivity index (χ3v) is 2.37. The summed E-state index contributed by atoms with van der Waals surface area (Å²) in [5.41, 5.74) is 0. The number of likely N-dealkylation sites (N-methyl/N-ethyl adjacent to an activating group) is 1. The third-order valence-electron chi connectivity index (χ3n) is 2.37. The van der Waals surface area contributed by atoms with Crippen LogP contribution in [-0.2, 0) is 11.2 Å². The van der Waals surface area contributed by atoms with E-state index in [1.165, 1.54) is 6.33 Å². The summed E-state index contributed by atoms with van der Waals surface area (Å²) in [5.74, 6) is 0.665. The first kappa shape index (κ1) is 12.6. The number of nitrogens with one attached hydrogen (secondary N) is 1. The molecule has 0 radical (unpaired) electrons. The van der Waals surface area contributed by atoms with E-state index in [-0.39, 0.29) is 11.9 Å². The lowest BCUT2D eigenvalue weighted by molar-refractivity contribution is -0.130. The summed E-state index contributed by atoms with van der Waals surface area (Å²) in [6.07, 6.45) is 2.01. The van der Waals surface area contributed by atoms with Crippen LogP contribution < -0.4 is 5.32 Å². The monoisotopic (exact) mass is 226 g/mol. The highest BCUT2D eigenvalue weighted by Gasteiger charge is 2.10. The average molecular weight is 226 g/mol. The Morgan fingerprint density at radius 2 is 2.38 bits per heavy atom. The van der Waals surface area contributed by atoms with Crippen molar-refractivity contribution in [3.63, 3.8) is 0 Å². The van der Waals surface area contributed by atoms with E-state index in [1.807, 2.05) is 13.8 Å². The number of carbonyl (C=O) groups excluding carboxylic acids is 1. The topological polar surface area (TPSA) is 71.3 Å². The minimum absolute atomic E-state index is 0.0838. The maximum Gasteiger partial charge on any atom is 0.236 e. The van der Waals surface area contributed by atoms with E-state index in [1.54, 1.807) is 11.9 Å². The number of hydrogen-bond acceptors (Lipinski definition) is 5. The van der Waals surface area contributed by atoms with E-state index in [4.69, 9.17) is 4.52 Å². The minimum Gasteiger partial charge on any atom is -0.342 e. The van der Waals surface area contributed by atoms with Crippen LogP contribution in [0.5, 0.6) is 0 Å². The van der Waals surface area contributed by atoms with Crippen molar-refractivity contribution in [1.29, 1.82) is 0 Å². The number of hydrogen-bond donors (Lipinski definition) is 1. The van der Waals surface area contributed by atoms with Gasteiger partial charge in [-0.15, -0.1) is 0 Å². The lowest BCUT2D eigenvalue weighted by Crippen LogP contribution is -2.39. The highest BCUT2D eigenvalue weighted by Crippen LogP contribution is 1.94. The van der Waals surface area contributed by atoms with Gasteiger partial charge in [0, 0.05) is 26.1 Å². The van der Waals surface area contributed by atoms with E-state index in [0.717, 1.165) is 0 Å². The van der Waals surface area contributed by atoms with Crippen LogP contribution >= 0.6 is 0 Å². The van der Waals surface area contributed by atoms with Crippen LogP contribution in [0.3, 0.4) is 0 Å². The number of nitrogens with zero attached hydrogens (tertiary/aromatic N) is 3. The molecule has 1 aromatic heterocycles. The van der Waals surface area contributed by atoms with E-state index in [0.29, 0.717) is 25.4 Å². The molecular formula is C10H18N4O2. The van der Waals surface area contributed by atoms with Crippen molar-refractivity contribution < 1.29 is 9.32 Å². The maximum absolute atomic E-state index is 11.6. The van der Waals surface area contributed by atoms with E-state index in [2.05, 4.69) is 15.5 Å². The fourth-order valence-electron chi connectivity index (χ4n) is 1.11. The SMILES string of the molecule is CC(C)N(C)C(=O)CNCCc1ncno1. The smallest absolute Gasteiger partial charge is 0.236 e. The largest absolute Gasteiger partial charge is 0.342 e. The molecule has 0 aliphatic carbocycles. The molecule has 0 fully saturated rings. The summed E-state index contributed by atoms with van der Waals surface area (Å²) in [7, 11) is 1.80. The highest BCUT2D eigenvalue weighted by molar-refractivity contribution is 5.78. The minimum atomic E-state index is 0.0838. The molecule has 6 heteroatoms. The van der Waals surface area contributed by atoms with Gasteiger partial charge in [-0.25, -0.2) is 0 Å². The van der Waals surface area contributed by atoms with E-state index < -0.39 is 0 Å². The van der Waals surface area contributed by atoms with E-state index in [9.17, 15) is 4.79 Å². The third kappa shape index (κ3) is 3.98. The second kappa shape index (κ2) is 6.22. The van der Waals surface area contributed by atoms with Crippen molar-refractivity contribution in [2.45, 2.75) is 26.3 Å². The van der Waals surface area contributed by atoms with Crippen molar-refractivity contribution in [3.05, 3.63) is 12.2 Å². The van der Waals surface area contributed by atoms with Crippen molar-refractivity contribution >= 4 is 5.91 Å².